The normalized spacial score (nSPS) is 18.5. The number of carbonyl (C=O) groups excluding carboxylic acids is 2. The molecule has 32 heavy (non-hydrogen) atoms. The van der Waals surface area contributed by atoms with Crippen molar-refractivity contribution in [2.45, 2.75) is 26.2 Å². The van der Waals surface area contributed by atoms with E-state index >= 15 is 0 Å². The number of fused-ring (bicyclic) bond motifs is 1. The molecule has 0 spiro atoms. The van der Waals surface area contributed by atoms with Gasteiger partial charge in [0.25, 0.3) is 0 Å². The van der Waals surface area contributed by atoms with E-state index in [1.165, 1.54) is 0 Å². The number of amides is 2. The van der Waals surface area contributed by atoms with Gasteiger partial charge in [0.1, 0.15) is 5.82 Å². The molecule has 2 aliphatic rings. The zero-order chi connectivity index (χ0) is 22.5. The summed E-state index contributed by atoms with van der Waals surface area (Å²) < 4.78 is 11.3. The molecule has 1 saturated heterocycles. The van der Waals surface area contributed by atoms with Gasteiger partial charge in [0.05, 0.1) is 36.4 Å². The summed E-state index contributed by atoms with van der Waals surface area (Å²) in [5.74, 6) is 1.25. The number of carbonyl (C=O) groups is 2. The van der Waals surface area contributed by atoms with E-state index in [1.54, 1.807) is 18.2 Å². The highest BCUT2D eigenvalue weighted by Crippen LogP contribution is 2.37. The fourth-order valence-electron chi connectivity index (χ4n) is 3.93. The molecule has 2 amide bonds. The summed E-state index contributed by atoms with van der Waals surface area (Å²) in [6.07, 6.45) is 2.42. The van der Waals surface area contributed by atoms with Crippen molar-refractivity contribution in [3.8, 4) is 11.5 Å². The Bertz CT molecular complexity index is 1000. The van der Waals surface area contributed by atoms with Gasteiger partial charge in [0.15, 0.2) is 11.5 Å². The number of benzene rings is 1. The first-order chi connectivity index (χ1) is 15.5. The second-order valence-corrected chi connectivity index (χ2v) is 8.51. The Morgan fingerprint density at radius 2 is 1.94 bits per heavy atom. The Balaban J connectivity index is 1.33. The number of halogens is 1. The van der Waals surface area contributed by atoms with Crippen LogP contribution in [0, 0.1) is 12.8 Å². The molecule has 0 aliphatic carbocycles. The Labute approximate surface area is 192 Å². The van der Waals surface area contributed by atoms with Crippen LogP contribution in [0.1, 0.15) is 25.0 Å². The minimum atomic E-state index is -0.194. The third-order valence-corrected chi connectivity index (χ3v) is 5.81. The third kappa shape index (κ3) is 5.69. The molecule has 4 rings (SSSR count). The summed E-state index contributed by atoms with van der Waals surface area (Å²) in [5, 5.41) is 6.14. The van der Waals surface area contributed by atoms with Crippen LogP contribution in [0.2, 0.25) is 5.02 Å². The molecule has 2 aliphatic heterocycles. The lowest BCUT2D eigenvalue weighted by Gasteiger charge is -2.31. The first kappa shape index (κ1) is 22.4. The third-order valence-electron chi connectivity index (χ3n) is 5.49. The average Bonchev–Trinajstić information content (AvgIpc) is 2.99. The number of aryl methyl sites for hydroxylation is 1. The Morgan fingerprint density at radius 3 is 2.72 bits per heavy atom. The number of anilines is 2. The maximum Gasteiger partial charge on any atom is 0.238 e. The van der Waals surface area contributed by atoms with Crippen molar-refractivity contribution in [1.29, 1.82) is 0 Å². The molecule has 0 saturated carbocycles. The molecule has 1 atom stereocenters. The lowest BCUT2D eigenvalue weighted by molar-refractivity contribution is -0.123. The van der Waals surface area contributed by atoms with E-state index in [9.17, 15) is 9.59 Å². The second kappa shape index (κ2) is 10.2. The quantitative estimate of drug-likeness (QED) is 0.712. The molecule has 3 heterocycles. The summed E-state index contributed by atoms with van der Waals surface area (Å²) in [6, 6.07) is 8.88. The molecule has 8 nitrogen and oxygen atoms in total. The number of pyridine rings is 1. The van der Waals surface area contributed by atoms with Crippen molar-refractivity contribution < 1.29 is 19.1 Å². The number of hydrogen-bond acceptors (Lipinski definition) is 6. The second-order valence-electron chi connectivity index (χ2n) is 8.11. The molecule has 0 bridgehead atoms. The predicted molar refractivity (Wildman–Crippen MR) is 122 cm³/mol. The number of piperidine rings is 1. The van der Waals surface area contributed by atoms with Gasteiger partial charge in [-0.15, -0.1) is 0 Å². The number of nitrogens with one attached hydrogen (secondary N) is 2. The highest BCUT2D eigenvalue weighted by molar-refractivity contribution is 6.34. The molecule has 1 fully saturated rings. The summed E-state index contributed by atoms with van der Waals surface area (Å²) >= 11 is 6.33. The highest BCUT2D eigenvalue weighted by Gasteiger charge is 2.27. The fraction of sp³-hybridized carbons (Fsp3) is 0.435. The lowest BCUT2D eigenvalue weighted by Crippen LogP contribution is -2.44. The molecule has 9 heteroatoms. The molecular formula is C23H27ClN4O4. The standard InChI is InChI=1S/C23H27ClN4O4/c1-15-5-2-7-21(25-15)27-23(30)16-6-3-8-28(13-16)14-22(29)26-18-12-20-19(11-17(18)24)31-9-4-10-32-20/h2,5,7,11-12,16H,3-4,6,8-10,13-14H2,1H3,(H,26,29)(H,25,27,30). The maximum absolute atomic E-state index is 12.7. The topological polar surface area (TPSA) is 92.8 Å². The van der Waals surface area contributed by atoms with Crippen LogP contribution >= 0.6 is 11.6 Å². The molecule has 1 aromatic heterocycles. The Hall–Kier alpha value is -2.84. The van der Waals surface area contributed by atoms with Crippen molar-refractivity contribution >= 4 is 34.9 Å². The average molecular weight is 459 g/mol. The van der Waals surface area contributed by atoms with Gasteiger partial charge in [-0.25, -0.2) is 4.98 Å². The number of ether oxygens (including phenoxy) is 2. The molecule has 1 aromatic carbocycles. The number of rotatable bonds is 5. The summed E-state index contributed by atoms with van der Waals surface area (Å²) in [7, 11) is 0. The smallest absolute Gasteiger partial charge is 0.238 e. The van der Waals surface area contributed by atoms with Crippen LogP contribution in [0.25, 0.3) is 0 Å². The van der Waals surface area contributed by atoms with E-state index in [2.05, 4.69) is 15.6 Å². The SMILES string of the molecule is Cc1cccc(NC(=O)C2CCCN(CC(=O)Nc3cc4c(cc3Cl)OCCCO4)C2)n1. The number of nitrogens with zero attached hydrogens (tertiary/aromatic N) is 2. The monoisotopic (exact) mass is 458 g/mol. The van der Waals surface area contributed by atoms with Gasteiger partial charge in [-0.3, -0.25) is 14.5 Å². The number of likely N-dealkylation sites (tertiary alicyclic amines) is 1. The first-order valence-electron chi connectivity index (χ1n) is 10.8. The Morgan fingerprint density at radius 1 is 1.16 bits per heavy atom. The van der Waals surface area contributed by atoms with Gasteiger partial charge in [0.2, 0.25) is 11.8 Å². The van der Waals surface area contributed by atoms with Gasteiger partial charge in [0, 0.05) is 30.8 Å². The van der Waals surface area contributed by atoms with Crippen molar-refractivity contribution in [2.24, 2.45) is 5.92 Å². The fourth-order valence-corrected chi connectivity index (χ4v) is 4.13. The molecule has 1 unspecified atom stereocenters. The van der Waals surface area contributed by atoms with E-state index < -0.39 is 0 Å². The first-order valence-corrected chi connectivity index (χ1v) is 11.2. The highest BCUT2D eigenvalue weighted by atomic mass is 35.5. The van der Waals surface area contributed by atoms with Crippen LogP contribution in [0.5, 0.6) is 11.5 Å². The molecule has 2 aromatic rings. The summed E-state index contributed by atoms with van der Waals surface area (Å²) in [5.41, 5.74) is 1.33. The van der Waals surface area contributed by atoms with Gasteiger partial charge in [-0.1, -0.05) is 17.7 Å². The van der Waals surface area contributed by atoms with E-state index in [0.29, 0.717) is 47.8 Å². The summed E-state index contributed by atoms with van der Waals surface area (Å²) in [4.78, 5) is 31.7. The molecular weight excluding hydrogens is 432 g/mol. The number of aromatic nitrogens is 1. The van der Waals surface area contributed by atoms with Crippen LogP contribution in [-0.2, 0) is 9.59 Å². The van der Waals surface area contributed by atoms with Crippen molar-refractivity contribution in [1.82, 2.24) is 9.88 Å². The zero-order valence-electron chi connectivity index (χ0n) is 18.0. The van der Waals surface area contributed by atoms with Gasteiger partial charge in [-0.2, -0.15) is 0 Å². The van der Waals surface area contributed by atoms with Crippen LogP contribution < -0.4 is 20.1 Å². The van der Waals surface area contributed by atoms with Gasteiger partial charge >= 0.3 is 0 Å². The minimum absolute atomic E-state index is 0.0702. The van der Waals surface area contributed by atoms with E-state index in [-0.39, 0.29) is 24.3 Å². The summed E-state index contributed by atoms with van der Waals surface area (Å²) in [6.45, 7) is 4.45. The van der Waals surface area contributed by atoms with Crippen LogP contribution in [-0.4, -0.2) is 54.5 Å². The van der Waals surface area contributed by atoms with Gasteiger partial charge < -0.3 is 20.1 Å². The van der Waals surface area contributed by atoms with Crippen LogP contribution in [0.15, 0.2) is 30.3 Å². The predicted octanol–water partition coefficient (Wildman–Crippen LogP) is 3.49. The maximum atomic E-state index is 12.7. The lowest BCUT2D eigenvalue weighted by atomic mass is 9.97. The minimum Gasteiger partial charge on any atom is -0.490 e. The zero-order valence-corrected chi connectivity index (χ0v) is 18.8. The van der Waals surface area contributed by atoms with Crippen LogP contribution in [0.3, 0.4) is 0 Å². The van der Waals surface area contributed by atoms with E-state index in [4.69, 9.17) is 21.1 Å². The van der Waals surface area contributed by atoms with Crippen molar-refractivity contribution in [2.75, 3.05) is 43.5 Å². The Kier molecular flexibility index (Phi) is 7.12. The molecule has 0 radical (unpaired) electrons. The van der Waals surface area contributed by atoms with Gasteiger partial charge in [-0.05, 0) is 38.4 Å². The largest absolute Gasteiger partial charge is 0.490 e. The number of hydrogen-bond donors (Lipinski definition) is 2. The van der Waals surface area contributed by atoms with Crippen LogP contribution in [0.4, 0.5) is 11.5 Å². The molecule has 170 valence electrons. The van der Waals surface area contributed by atoms with E-state index in [1.807, 2.05) is 24.0 Å². The van der Waals surface area contributed by atoms with Crippen molar-refractivity contribution in [3.63, 3.8) is 0 Å². The van der Waals surface area contributed by atoms with E-state index in [0.717, 1.165) is 31.5 Å². The van der Waals surface area contributed by atoms with Crippen molar-refractivity contribution in [3.05, 3.63) is 41.0 Å². The molecule has 2 N–H and O–H groups in total.